The molecule has 1 aromatic rings. The molecule has 2 N–H and O–H groups in total. The molecule has 4 nitrogen and oxygen atoms in total. The number of carbonyl (C=O) groups excluding carboxylic acids is 1. The van der Waals surface area contributed by atoms with E-state index in [2.05, 4.69) is 4.84 Å². The molecule has 0 unspecified atom stereocenters. The van der Waals surface area contributed by atoms with Gasteiger partial charge in [0.05, 0.1) is 0 Å². The minimum absolute atomic E-state index is 0.190. The van der Waals surface area contributed by atoms with Crippen LogP contribution >= 0.6 is 0 Å². The van der Waals surface area contributed by atoms with Crippen LogP contribution in [-0.4, -0.2) is 24.6 Å². The molecule has 0 saturated carbocycles. The summed E-state index contributed by atoms with van der Waals surface area (Å²) in [4.78, 5) is 14.8. The second kappa shape index (κ2) is 5.48. The Labute approximate surface area is 107 Å². The third kappa shape index (κ3) is 2.65. The average Bonchev–Trinajstić information content (AvgIpc) is 2.38. The summed E-state index contributed by atoms with van der Waals surface area (Å²) in [6.07, 6.45) is 0.791. The minimum Gasteiger partial charge on any atom is -0.394 e. The summed E-state index contributed by atoms with van der Waals surface area (Å²) >= 11 is 0. The number of nitrogens with two attached hydrogens (primary N) is 1. The first-order valence-electron chi connectivity index (χ1n) is 5.82. The van der Waals surface area contributed by atoms with E-state index in [4.69, 9.17) is 5.73 Å². The van der Waals surface area contributed by atoms with Crippen molar-refractivity contribution < 1.29 is 22.8 Å². The van der Waals surface area contributed by atoms with Crippen LogP contribution in [0.5, 0.6) is 0 Å². The van der Waals surface area contributed by atoms with Crippen LogP contribution in [0.15, 0.2) is 6.07 Å². The smallest absolute Gasteiger partial charge is 0.312 e. The van der Waals surface area contributed by atoms with E-state index < -0.39 is 29.1 Å². The number of hydrogen-bond donors (Lipinski definition) is 1. The maximum atomic E-state index is 13.8. The van der Waals surface area contributed by atoms with Gasteiger partial charge in [-0.1, -0.05) is 0 Å². The summed E-state index contributed by atoms with van der Waals surface area (Å²) in [6, 6.07) is 0.599. The highest BCUT2D eigenvalue weighted by molar-refractivity contribution is 5.46. The molecule has 19 heavy (non-hydrogen) atoms. The Morgan fingerprint density at radius 3 is 2.47 bits per heavy atom. The van der Waals surface area contributed by atoms with Crippen LogP contribution in [-0.2, 0) is 9.63 Å². The number of anilines is 1. The maximum Gasteiger partial charge on any atom is 0.312 e. The van der Waals surface area contributed by atoms with E-state index >= 15 is 0 Å². The van der Waals surface area contributed by atoms with Gasteiger partial charge >= 0.3 is 6.47 Å². The first-order valence-corrected chi connectivity index (χ1v) is 5.82. The number of rotatable bonds is 3. The zero-order chi connectivity index (χ0) is 14.0. The zero-order valence-electron chi connectivity index (χ0n) is 10.0. The van der Waals surface area contributed by atoms with E-state index in [9.17, 15) is 18.0 Å². The average molecular weight is 274 g/mol. The van der Waals surface area contributed by atoms with Crippen LogP contribution in [0.4, 0.5) is 18.9 Å². The Bertz CT molecular complexity index is 488. The number of nitrogen functional groups attached to an aromatic ring is 1. The van der Waals surface area contributed by atoms with Gasteiger partial charge in [0.1, 0.15) is 11.5 Å². The lowest BCUT2D eigenvalue weighted by Crippen LogP contribution is -2.33. The third-order valence-corrected chi connectivity index (χ3v) is 3.30. The molecule has 1 fully saturated rings. The van der Waals surface area contributed by atoms with Crippen molar-refractivity contribution in [2.24, 2.45) is 0 Å². The minimum atomic E-state index is -1.10. The van der Waals surface area contributed by atoms with Crippen molar-refractivity contribution in [3.63, 3.8) is 0 Å². The highest BCUT2D eigenvalue weighted by atomic mass is 19.1. The molecule has 1 aromatic carbocycles. The third-order valence-electron chi connectivity index (χ3n) is 3.30. The highest BCUT2D eigenvalue weighted by Crippen LogP contribution is 2.34. The SMILES string of the molecule is Nc1c(F)cc(F)c(C2CCN(OC=O)CC2)c1F. The Balaban J connectivity index is 2.20. The fourth-order valence-corrected chi connectivity index (χ4v) is 2.31. The predicted octanol–water partition coefficient (Wildman–Crippen LogP) is 1.95. The van der Waals surface area contributed by atoms with Gasteiger partial charge in [-0.25, -0.2) is 13.2 Å². The molecule has 1 saturated heterocycles. The van der Waals surface area contributed by atoms with Gasteiger partial charge in [0, 0.05) is 24.7 Å². The first kappa shape index (κ1) is 13.7. The molecule has 0 amide bonds. The fraction of sp³-hybridized carbons (Fsp3) is 0.417. The molecular weight excluding hydrogens is 261 g/mol. The van der Waals surface area contributed by atoms with Gasteiger partial charge in [-0.3, -0.25) is 4.79 Å². The van der Waals surface area contributed by atoms with Gasteiger partial charge < -0.3 is 10.6 Å². The monoisotopic (exact) mass is 274 g/mol. The molecule has 2 rings (SSSR count). The number of hydrogen-bond acceptors (Lipinski definition) is 4. The normalized spacial score (nSPS) is 17.4. The number of halogens is 3. The van der Waals surface area contributed by atoms with Crippen LogP contribution in [0, 0.1) is 17.5 Å². The van der Waals surface area contributed by atoms with E-state index in [0.717, 1.165) is 0 Å². The van der Waals surface area contributed by atoms with Crippen molar-refractivity contribution >= 4 is 12.2 Å². The molecule has 1 heterocycles. The van der Waals surface area contributed by atoms with Crippen molar-refractivity contribution in [3.8, 4) is 0 Å². The summed E-state index contributed by atoms with van der Waals surface area (Å²) in [7, 11) is 0. The van der Waals surface area contributed by atoms with Gasteiger partial charge in [-0.05, 0) is 18.8 Å². The fourth-order valence-electron chi connectivity index (χ4n) is 2.31. The van der Waals surface area contributed by atoms with Gasteiger partial charge in [0.2, 0.25) is 0 Å². The van der Waals surface area contributed by atoms with E-state index in [-0.39, 0.29) is 5.56 Å². The lowest BCUT2D eigenvalue weighted by Gasteiger charge is -2.30. The molecule has 0 aliphatic carbocycles. The molecule has 104 valence electrons. The molecular formula is C12H13F3N2O2. The molecule has 0 radical (unpaired) electrons. The van der Waals surface area contributed by atoms with E-state index in [1.807, 2.05) is 0 Å². The van der Waals surface area contributed by atoms with E-state index in [1.165, 1.54) is 5.06 Å². The number of hydroxylamine groups is 2. The van der Waals surface area contributed by atoms with Gasteiger partial charge in [-0.2, -0.15) is 0 Å². The summed E-state index contributed by atoms with van der Waals surface area (Å²) in [5, 5.41) is 1.41. The molecule has 0 atom stereocenters. The first-order chi connectivity index (χ1) is 9.04. The molecule has 0 spiro atoms. The molecule has 1 aliphatic heterocycles. The summed E-state index contributed by atoms with van der Waals surface area (Å²) < 4.78 is 40.6. The number of benzene rings is 1. The Morgan fingerprint density at radius 1 is 1.26 bits per heavy atom. The molecule has 1 aliphatic rings. The second-order valence-corrected chi connectivity index (χ2v) is 4.39. The lowest BCUT2D eigenvalue weighted by atomic mass is 9.89. The summed E-state index contributed by atoms with van der Waals surface area (Å²) in [5.74, 6) is -3.47. The van der Waals surface area contributed by atoms with Crippen LogP contribution in [0.3, 0.4) is 0 Å². The van der Waals surface area contributed by atoms with Gasteiger partial charge in [-0.15, -0.1) is 5.06 Å². The topological polar surface area (TPSA) is 55.6 Å². The maximum absolute atomic E-state index is 13.8. The van der Waals surface area contributed by atoms with Gasteiger partial charge in [0.15, 0.2) is 11.6 Å². The van der Waals surface area contributed by atoms with Crippen molar-refractivity contribution in [1.29, 1.82) is 0 Å². The largest absolute Gasteiger partial charge is 0.394 e. The standard InChI is InChI=1S/C12H13F3N2O2/c13-8-5-9(14)12(16)11(15)10(8)7-1-3-17(4-2-7)19-6-18/h5-7H,1-4,16H2. The van der Waals surface area contributed by atoms with Gasteiger partial charge in [0.25, 0.3) is 0 Å². The Kier molecular flexibility index (Phi) is 3.94. The van der Waals surface area contributed by atoms with Crippen molar-refractivity contribution in [3.05, 3.63) is 29.1 Å². The van der Waals surface area contributed by atoms with Crippen LogP contribution < -0.4 is 5.73 Å². The number of nitrogens with zero attached hydrogens (tertiary/aromatic N) is 1. The Hall–Kier alpha value is -1.76. The number of carbonyl (C=O) groups is 1. The second-order valence-electron chi connectivity index (χ2n) is 4.39. The van der Waals surface area contributed by atoms with Crippen molar-refractivity contribution in [2.45, 2.75) is 18.8 Å². The molecule has 7 heteroatoms. The molecule has 0 bridgehead atoms. The summed E-state index contributed by atoms with van der Waals surface area (Å²) in [6.45, 7) is 1.02. The van der Waals surface area contributed by atoms with E-state index in [0.29, 0.717) is 38.5 Å². The predicted molar refractivity (Wildman–Crippen MR) is 61.4 cm³/mol. The van der Waals surface area contributed by atoms with Crippen LogP contribution in [0.1, 0.15) is 24.3 Å². The van der Waals surface area contributed by atoms with Crippen LogP contribution in [0.2, 0.25) is 0 Å². The number of piperidine rings is 1. The zero-order valence-corrected chi connectivity index (χ0v) is 10.0. The van der Waals surface area contributed by atoms with Crippen molar-refractivity contribution in [1.82, 2.24) is 5.06 Å². The Morgan fingerprint density at radius 2 is 1.89 bits per heavy atom. The summed E-state index contributed by atoms with van der Waals surface area (Å²) in [5.41, 5.74) is 4.38. The molecule has 0 aromatic heterocycles. The van der Waals surface area contributed by atoms with Crippen LogP contribution in [0.25, 0.3) is 0 Å². The van der Waals surface area contributed by atoms with Crippen molar-refractivity contribution in [2.75, 3.05) is 18.8 Å². The highest BCUT2D eigenvalue weighted by Gasteiger charge is 2.28. The van der Waals surface area contributed by atoms with E-state index in [1.54, 1.807) is 0 Å². The quantitative estimate of drug-likeness (QED) is 0.676. The lowest BCUT2D eigenvalue weighted by molar-refractivity contribution is -0.178.